The Morgan fingerprint density at radius 2 is 1.88 bits per heavy atom. The third kappa shape index (κ3) is 3.67. The number of rotatable bonds is 3. The summed E-state index contributed by atoms with van der Waals surface area (Å²) in [6.07, 6.45) is 1.42. The lowest BCUT2D eigenvalue weighted by atomic mass is 10.2. The molecule has 0 aliphatic carbocycles. The van der Waals surface area contributed by atoms with Gasteiger partial charge in [0.15, 0.2) is 0 Å². The van der Waals surface area contributed by atoms with E-state index in [1.165, 1.54) is 6.33 Å². The molecule has 1 N–H and O–H groups in total. The van der Waals surface area contributed by atoms with Gasteiger partial charge in [0.25, 0.3) is 5.91 Å². The number of anilines is 2. The monoisotopic (exact) mass is 322 g/mol. The van der Waals surface area contributed by atoms with Gasteiger partial charge in [0.2, 0.25) is 0 Å². The summed E-state index contributed by atoms with van der Waals surface area (Å²) in [5, 5.41) is 11.6. The number of likely N-dealkylation sites (N-methyl/N-ethyl adjacent to an activating group) is 1. The molecule has 1 aromatic carbocycles. The summed E-state index contributed by atoms with van der Waals surface area (Å²) in [7, 11) is 2.09. The molecule has 7 nitrogen and oxygen atoms in total. The Bertz CT molecular complexity index is 759. The van der Waals surface area contributed by atoms with Gasteiger partial charge in [-0.05, 0) is 31.3 Å². The Morgan fingerprint density at radius 1 is 1.17 bits per heavy atom. The van der Waals surface area contributed by atoms with Gasteiger partial charge in [-0.15, -0.1) is 0 Å². The van der Waals surface area contributed by atoms with Gasteiger partial charge in [-0.3, -0.25) is 4.79 Å². The van der Waals surface area contributed by atoms with Crippen LogP contribution < -0.4 is 10.2 Å². The van der Waals surface area contributed by atoms with Gasteiger partial charge < -0.3 is 15.1 Å². The number of nitriles is 1. The van der Waals surface area contributed by atoms with Crippen LogP contribution in [0.1, 0.15) is 16.1 Å². The molecule has 2 heterocycles. The number of hydrogen-bond acceptors (Lipinski definition) is 6. The summed E-state index contributed by atoms with van der Waals surface area (Å²) in [4.78, 5) is 25.1. The zero-order valence-corrected chi connectivity index (χ0v) is 13.4. The summed E-state index contributed by atoms with van der Waals surface area (Å²) in [5.41, 5.74) is 1.49. The first kappa shape index (κ1) is 15.9. The van der Waals surface area contributed by atoms with Crippen LogP contribution in [0.5, 0.6) is 0 Å². The molecule has 7 heteroatoms. The van der Waals surface area contributed by atoms with E-state index < -0.39 is 0 Å². The maximum atomic E-state index is 12.4. The van der Waals surface area contributed by atoms with Crippen LogP contribution >= 0.6 is 0 Å². The van der Waals surface area contributed by atoms with E-state index in [4.69, 9.17) is 5.26 Å². The van der Waals surface area contributed by atoms with Gasteiger partial charge in [-0.1, -0.05) is 0 Å². The number of hydrogen-bond donors (Lipinski definition) is 1. The Labute approximate surface area is 140 Å². The molecule has 1 amide bonds. The minimum absolute atomic E-state index is 0.294. The fourth-order valence-corrected chi connectivity index (χ4v) is 2.50. The fraction of sp³-hybridized carbons (Fsp3) is 0.294. The third-order valence-electron chi connectivity index (χ3n) is 3.98. The van der Waals surface area contributed by atoms with Gasteiger partial charge >= 0.3 is 0 Å². The largest absolute Gasteiger partial charge is 0.354 e. The fourth-order valence-electron chi connectivity index (χ4n) is 2.50. The predicted octanol–water partition coefficient (Wildman–Crippen LogP) is 1.35. The van der Waals surface area contributed by atoms with Crippen LogP contribution in [-0.2, 0) is 0 Å². The van der Waals surface area contributed by atoms with Crippen LogP contribution in [0.25, 0.3) is 0 Å². The second-order valence-electron chi connectivity index (χ2n) is 5.70. The molecule has 0 atom stereocenters. The van der Waals surface area contributed by atoms with Crippen molar-refractivity contribution in [2.75, 3.05) is 43.4 Å². The van der Waals surface area contributed by atoms with Gasteiger partial charge in [0, 0.05) is 37.9 Å². The van der Waals surface area contributed by atoms with Gasteiger partial charge in [-0.2, -0.15) is 5.26 Å². The molecule has 122 valence electrons. The molecular weight excluding hydrogens is 304 g/mol. The topological polar surface area (TPSA) is 85.1 Å². The molecule has 0 unspecified atom stereocenters. The van der Waals surface area contributed by atoms with Crippen LogP contribution in [-0.4, -0.2) is 54.0 Å². The lowest BCUT2D eigenvalue weighted by molar-refractivity contribution is 0.102. The van der Waals surface area contributed by atoms with E-state index in [1.807, 2.05) is 6.07 Å². The van der Waals surface area contributed by atoms with E-state index in [0.717, 1.165) is 32.0 Å². The first-order valence-corrected chi connectivity index (χ1v) is 7.73. The lowest BCUT2D eigenvalue weighted by Crippen LogP contribution is -2.44. The van der Waals surface area contributed by atoms with E-state index >= 15 is 0 Å². The summed E-state index contributed by atoms with van der Waals surface area (Å²) in [6.45, 7) is 3.70. The second kappa shape index (κ2) is 7.06. The lowest BCUT2D eigenvalue weighted by Gasteiger charge is -2.33. The number of nitrogens with one attached hydrogen (secondary N) is 1. The highest BCUT2D eigenvalue weighted by Crippen LogP contribution is 2.15. The minimum Gasteiger partial charge on any atom is -0.354 e. The first-order chi connectivity index (χ1) is 11.7. The highest BCUT2D eigenvalue weighted by atomic mass is 16.1. The quantitative estimate of drug-likeness (QED) is 0.918. The number of carbonyl (C=O) groups excluding carboxylic acids is 1. The molecule has 1 aliphatic heterocycles. The molecule has 1 fully saturated rings. The zero-order chi connectivity index (χ0) is 16.9. The van der Waals surface area contributed by atoms with E-state index in [-0.39, 0.29) is 5.91 Å². The normalized spacial score (nSPS) is 14.9. The standard InChI is InChI=1S/C17H18N6O/c1-22-6-8-23(9-7-22)16-10-15(19-12-20-16)17(24)21-14-4-2-13(11-18)3-5-14/h2-5,10,12H,6-9H2,1H3,(H,21,24). The Kier molecular flexibility index (Phi) is 4.68. The molecule has 0 saturated carbocycles. The molecule has 1 saturated heterocycles. The summed E-state index contributed by atoms with van der Waals surface area (Å²) < 4.78 is 0. The van der Waals surface area contributed by atoms with Crippen molar-refractivity contribution >= 4 is 17.4 Å². The molecular formula is C17H18N6O. The van der Waals surface area contributed by atoms with Crippen LogP contribution in [0, 0.1) is 11.3 Å². The predicted molar refractivity (Wildman–Crippen MR) is 90.9 cm³/mol. The first-order valence-electron chi connectivity index (χ1n) is 7.73. The summed E-state index contributed by atoms with van der Waals surface area (Å²) in [5.74, 6) is 0.473. The highest BCUT2D eigenvalue weighted by Gasteiger charge is 2.17. The average Bonchev–Trinajstić information content (AvgIpc) is 2.63. The van der Waals surface area contributed by atoms with Crippen molar-refractivity contribution in [1.82, 2.24) is 14.9 Å². The van der Waals surface area contributed by atoms with E-state index in [2.05, 4.69) is 32.1 Å². The molecule has 0 bridgehead atoms. The summed E-state index contributed by atoms with van der Waals surface area (Å²) in [6, 6.07) is 10.5. The van der Waals surface area contributed by atoms with Crippen molar-refractivity contribution < 1.29 is 4.79 Å². The number of aromatic nitrogens is 2. The van der Waals surface area contributed by atoms with Gasteiger partial charge in [0.05, 0.1) is 11.6 Å². The molecule has 3 rings (SSSR count). The zero-order valence-electron chi connectivity index (χ0n) is 13.4. The van der Waals surface area contributed by atoms with Crippen LogP contribution in [0.15, 0.2) is 36.7 Å². The third-order valence-corrected chi connectivity index (χ3v) is 3.98. The minimum atomic E-state index is -0.294. The van der Waals surface area contributed by atoms with E-state index in [1.54, 1.807) is 30.3 Å². The van der Waals surface area contributed by atoms with Crippen molar-refractivity contribution in [1.29, 1.82) is 5.26 Å². The molecule has 0 spiro atoms. The molecule has 1 aromatic heterocycles. The second-order valence-corrected chi connectivity index (χ2v) is 5.70. The Morgan fingerprint density at radius 3 is 2.54 bits per heavy atom. The van der Waals surface area contributed by atoms with E-state index in [9.17, 15) is 4.79 Å². The molecule has 0 radical (unpaired) electrons. The number of benzene rings is 1. The average molecular weight is 322 g/mol. The van der Waals surface area contributed by atoms with Crippen molar-refractivity contribution in [3.05, 3.63) is 47.9 Å². The number of nitrogens with zero attached hydrogens (tertiary/aromatic N) is 5. The Balaban J connectivity index is 1.70. The maximum absolute atomic E-state index is 12.4. The number of carbonyl (C=O) groups is 1. The molecule has 24 heavy (non-hydrogen) atoms. The van der Waals surface area contributed by atoms with Crippen molar-refractivity contribution in [2.45, 2.75) is 0 Å². The van der Waals surface area contributed by atoms with Crippen LogP contribution in [0.4, 0.5) is 11.5 Å². The summed E-state index contributed by atoms with van der Waals surface area (Å²) >= 11 is 0. The van der Waals surface area contributed by atoms with Gasteiger partial charge in [0.1, 0.15) is 17.8 Å². The van der Waals surface area contributed by atoms with Crippen molar-refractivity contribution in [2.24, 2.45) is 0 Å². The van der Waals surface area contributed by atoms with Crippen LogP contribution in [0.2, 0.25) is 0 Å². The SMILES string of the molecule is CN1CCN(c2cc(C(=O)Nc3ccc(C#N)cc3)ncn2)CC1. The van der Waals surface area contributed by atoms with Crippen molar-refractivity contribution in [3.63, 3.8) is 0 Å². The van der Waals surface area contributed by atoms with E-state index in [0.29, 0.717) is 16.9 Å². The smallest absolute Gasteiger partial charge is 0.274 e. The highest BCUT2D eigenvalue weighted by molar-refractivity contribution is 6.03. The number of amides is 1. The number of piperazine rings is 1. The van der Waals surface area contributed by atoms with Crippen LogP contribution in [0.3, 0.4) is 0 Å². The molecule has 2 aromatic rings. The van der Waals surface area contributed by atoms with Gasteiger partial charge in [-0.25, -0.2) is 9.97 Å². The van der Waals surface area contributed by atoms with Crippen molar-refractivity contribution in [3.8, 4) is 6.07 Å². The maximum Gasteiger partial charge on any atom is 0.274 e. The molecule has 1 aliphatic rings. The Hall–Kier alpha value is -2.98.